The molecule has 0 aliphatic heterocycles. The van der Waals surface area contributed by atoms with Crippen LogP contribution >= 0.6 is 46.9 Å². The van der Waals surface area contributed by atoms with Crippen molar-refractivity contribution in [2.75, 3.05) is 19.1 Å². The highest BCUT2D eigenvalue weighted by Crippen LogP contribution is 2.40. The van der Waals surface area contributed by atoms with E-state index in [-0.39, 0.29) is 0 Å². The molecule has 0 atom stereocenters. The summed E-state index contributed by atoms with van der Waals surface area (Å²) in [6.07, 6.45) is 2.99. The number of hydrogen-bond acceptors (Lipinski definition) is 6. The van der Waals surface area contributed by atoms with Gasteiger partial charge in [-0.3, -0.25) is 5.21 Å². The Kier molecular flexibility index (Phi) is 8.18. The van der Waals surface area contributed by atoms with Gasteiger partial charge >= 0.3 is 0 Å². The molecule has 0 aliphatic rings. The largest absolute Gasteiger partial charge is 0.287 e. The van der Waals surface area contributed by atoms with Crippen LogP contribution in [0, 0.1) is 0 Å². The molecular weight excluding hydrogens is 490 g/mol. The van der Waals surface area contributed by atoms with Crippen LogP contribution in [0.15, 0.2) is 58.8 Å². The van der Waals surface area contributed by atoms with E-state index in [4.69, 9.17) is 23.8 Å². The summed E-state index contributed by atoms with van der Waals surface area (Å²) >= 11 is 14.4. The van der Waals surface area contributed by atoms with Gasteiger partial charge in [-0.25, -0.2) is 13.5 Å². The minimum Gasteiger partial charge on any atom is -0.287 e. The van der Waals surface area contributed by atoms with Gasteiger partial charge in [0, 0.05) is 40.1 Å². The van der Waals surface area contributed by atoms with Crippen LogP contribution in [0.2, 0.25) is 5.02 Å². The molecule has 0 saturated carbocycles. The Morgan fingerprint density at radius 3 is 2.32 bits per heavy atom. The zero-order valence-electron chi connectivity index (χ0n) is 17.0. The van der Waals surface area contributed by atoms with Crippen LogP contribution < -0.4 is 0 Å². The van der Waals surface area contributed by atoms with Gasteiger partial charge in [0.25, 0.3) is 0 Å². The van der Waals surface area contributed by atoms with Crippen molar-refractivity contribution in [3.05, 3.63) is 63.8 Å². The van der Waals surface area contributed by atoms with E-state index >= 15 is 0 Å². The second-order valence-electron chi connectivity index (χ2n) is 6.99. The van der Waals surface area contributed by atoms with Gasteiger partial charge in [-0.15, -0.1) is 11.3 Å². The number of nitrogens with zero attached hydrogens (tertiary/aromatic N) is 1. The summed E-state index contributed by atoms with van der Waals surface area (Å²) in [5.74, 6) is 0.806. The molecule has 0 bridgehead atoms. The third-order valence-electron chi connectivity index (χ3n) is 4.63. The monoisotopic (exact) mass is 511 g/mol. The van der Waals surface area contributed by atoms with Crippen LogP contribution in [0.1, 0.15) is 11.3 Å². The fourth-order valence-corrected chi connectivity index (χ4v) is 5.87. The Hall–Kier alpha value is -1.42. The molecule has 0 saturated heterocycles. The second kappa shape index (κ2) is 10.5. The van der Waals surface area contributed by atoms with Crippen LogP contribution in [0.5, 0.6) is 0 Å². The third-order valence-corrected chi connectivity index (χ3v) is 8.68. The Morgan fingerprint density at radius 2 is 1.74 bits per heavy atom. The maximum absolute atomic E-state index is 11.8. The molecule has 1 aromatic heterocycles. The summed E-state index contributed by atoms with van der Waals surface area (Å²) in [6.45, 7) is 0. The molecule has 3 rings (SSSR count). The zero-order chi connectivity index (χ0) is 22.6. The van der Waals surface area contributed by atoms with Crippen LogP contribution in [0.4, 0.5) is 0 Å². The topological polar surface area (TPSA) is 57.6 Å². The molecule has 0 aliphatic carbocycles. The number of benzene rings is 2. The minimum absolute atomic E-state index is 0.307. The van der Waals surface area contributed by atoms with Crippen LogP contribution in [-0.2, 0) is 16.3 Å². The molecule has 0 radical (unpaired) electrons. The highest BCUT2D eigenvalue weighted by atomic mass is 35.5. The molecule has 31 heavy (non-hydrogen) atoms. The standard InChI is InChI=1S/C22H22ClNO3S4/c1-24(25)22(28)29-13-3-4-20-21(16-5-9-17(23)10-6-16)19(14-30-20)15-7-11-18(12-8-15)31(2,26)27/h5-12,14,25H,3-4,13H2,1-2H3. The molecule has 4 nitrogen and oxygen atoms in total. The fraction of sp³-hybridized carbons (Fsp3) is 0.227. The average Bonchev–Trinajstić information content (AvgIpc) is 3.15. The summed E-state index contributed by atoms with van der Waals surface area (Å²) in [4.78, 5) is 1.55. The number of aryl methyl sites for hydroxylation is 1. The molecule has 1 N–H and O–H groups in total. The van der Waals surface area contributed by atoms with Gasteiger partial charge in [0.1, 0.15) is 0 Å². The molecule has 164 valence electrons. The molecule has 0 amide bonds. The van der Waals surface area contributed by atoms with Gasteiger partial charge in [0.05, 0.1) is 4.90 Å². The van der Waals surface area contributed by atoms with E-state index in [1.54, 1.807) is 23.5 Å². The Morgan fingerprint density at radius 1 is 1.13 bits per heavy atom. The molecular formula is C22H22ClNO3S4. The maximum atomic E-state index is 11.8. The zero-order valence-corrected chi connectivity index (χ0v) is 21.1. The number of hydrogen-bond donors (Lipinski definition) is 1. The number of sulfone groups is 1. The minimum atomic E-state index is -3.24. The number of thiophene rings is 1. The molecule has 0 unspecified atom stereocenters. The number of thioether (sulfide) groups is 1. The first-order valence-corrected chi connectivity index (χ1v) is 14.0. The lowest BCUT2D eigenvalue weighted by Gasteiger charge is -2.11. The highest BCUT2D eigenvalue weighted by Gasteiger charge is 2.16. The lowest BCUT2D eigenvalue weighted by molar-refractivity contribution is 0.0205. The third kappa shape index (κ3) is 6.31. The molecule has 9 heteroatoms. The first kappa shape index (κ1) is 24.2. The number of rotatable bonds is 7. The van der Waals surface area contributed by atoms with Gasteiger partial charge in [-0.1, -0.05) is 59.8 Å². The van der Waals surface area contributed by atoms with Crippen LogP contribution in [0.25, 0.3) is 22.3 Å². The van der Waals surface area contributed by atoms with Gasteiger partial charge in [-0.05, 0) is 53.6 Å². The number of hydroxylamine groups is 2. The van der Waals surface area contributed by atoms with Crippen molar-refractivity contribution < 1.29 is 13.6 Å². The summed E-state index contributed by atoms with van der Waals surface area (Å²) in [7, 11) is -1.72. The van der Waals surface area contributed by atoms with E-state index in [1.165, 1.54) is 29.9 Å². The van der Waals surface area contributed by atoms with Gasteiger partial charge in [0.2, 0.25) is 0 Å². The molecule has 2 aromatic carbocycles. The Bertz CT molecular complexity index is 1150. The van der Waals surface area contributed by atoms with E-state index in [2.05, 4.69) is 5.38 Å². The summed E-state index contributed by atoms with van der Waals surface area (Å²) in [5.41, 5.74) is 4.25. The van der Waals surface area contributed by atoms with Crippen molar-refractivity contribution in [1.82, 2.24) is 5.06 Å². The first-order valence-electron chi connectivity index (χ1n) is 9.43. The SMILES string of the molecule is CN(O)C(=S)SCCCc1scc(-c2ccc(S(C)(=O)=O)cc2)c1-c1ccc(Cl)cc1. The van der Waals surface area contributed by atoms with Crippen molar-refractivity contribution in [2.24, 2.45) is 0 Å². The van der Waals surface area contributed by atoms with Crippen LogP contribution in [0.3, 0.4) is 0 Å². The normalized spacial score (nSPS) is 11.5. The summed E-state index contributed by atoms with van der Waals surface area (Å²) < 4.78 is 24.1. The van der Waals surface area contributed by atoms with Gasteiger partial charge in [0.15, 0.2) is 14.2 Å². The van der Waals surface area contributed by atoms with E-state index in [9.17, 15) is 13.6 Å². The summed E-state index contributed by atoms with van der Waals surface area (Å²) in [6, 6.07) is 14.8. The molecule has 0 fully saturated rings. The lowest BCUT2D eigenvalue weighted by Crippen LogP contribution is -2.17. The van der Waals surface area contributed by atoms with E-state index in [1.807, 2.05) is 36.4 Å². The van der Waals surface area contributed by atoms with Crippen molar-refractivity contribution in [1.29, 1.82) is 0 Å². The maximum Gasteiger partial charge on any atom is 0.175 e. The predicted molar refractivity (Wildman–Crippen MR) is 136 cm³/mol. The van der Waals surface area contributed by atoms with Crippen molar-refractivity contribution in [3.8, 4) is 22.3 Å². The average molecular weight is 512 g/mol. The smallest absolute Gasteiger partial charge is 0.175 e. The Balaban J connectivity index is 1.91. The quantitative estimate of drug-likeness (QED) is 0.224. The van der Waals surface area contributed by atoms with Gasteiger partial charge < -0.3 is 0 Å². The highest BCUT2D eigenvalue weighted by molar-refractivity contribution is 8.22. The van der Waals surface area contributed by atoms with Crippen molar-refractivity contribution in [2.45, 2.75) is 17.7 Å². The lowest BCUT2D eigenvalue weighted by atomic mass is 9.96. The number of halogens is 1. The van der Waals surface area contributed by atoms with E-state index in [0.29, 0.717) is 14.2 Å². The van der Waals surface area contributed by atoms with Crippen molar-refractivity contribution in [3.63, 3.8) is 0 Å². The molecule has 1 heterocycles. The summed E-state index contributed by atoms with van der Waals surface area (Å²) in [5, 5.41) is 13.1. The molecule has 0 spiro atoms. The van der Waals surface area contributed by atoms with Crippen molar-refractivity contribution >= 4 is 61.1 Å². The van der Waals surface area contributed by atoms with E-state index in [0.717, 1.165) is 45.9 Å². The predicted octanol–water partition coefficient (Wildman–Crippen LogP) is 6.41. The number of thiocarbonyl (C=S) groups is 1. The second-order valence-corrected chi connectivity index (χ2v) is 12.1. The van der Waals surface area contributed by atoms with E-state index < -0.39 is 9.84 Å². The fourth-order valence-electron chi connectivity index (χ4n) is 3.09. The Labute approximate surface area is 201 Å². The van der Waals surface area contributed by atoms with Gasteiger partial charge in [-0.2, -0.15) is 0 Å². The first-order chi connectivity index (χ1) is 14.7. The van der Waals surface area contributed by atoms with Crippen LogP contribution in [-0.4, -0.2) is 42.1 Å². The molecule has 3 aromatic rings.